The molecule has 0 saturated carbocycles. The number of hydrogen-bond acceptors (Lipinski definition) is 4. The molecule has 1 aromatic carbocycles. The van der Waals surface area contributed by atoms with Gasteiger partial charge in [-0.1, -0.05) is 26.7 Å². The number of halogens is 2. The van der Waals surface area contributed by atoms with E-state index < -0.39 is 0 Å². The fourth-order valence-electron chi connectivity index (χ4n) is 2.83. The summed E-state index contributed by atoms with van der Waals surface area (Å²) in [5, 5.41) is 8.16. The van der Waals surface area contributed by atoms with E-state index in [9.17, 15) is 0 Å². The quantitative estimate of drug-likeness (QED) is 0.525. The number of fused-ring (bicyclic) bond motifs is 1. The number of pyridine rings is 1. The minimum absolute atomic E-state index is 0. The van der Waals surface area contributed by atoms with Crippen LogP contribution < -0.4 is 15.4 Å². The predicted molar refractivity (Wildman–Crippen MR) is 118 cm³/mol. The van der Waals surface area contributed by atoms with Crippen LogP contribution in [0.4, 0.5) is 5.69 Å². The molecule has 0 aliphatic heterocycles. The fraction of sp³-hybridized carbons (Fsp3) is 0.550. The Morgan fingerprint density at radius 3 is 2.38 bits per heavy atom. The number of methoxy groups -OCH3 is 1. The molecule has 6 heteroatoms. The van der Waals surface area contributed by atoms with Gasteiger partial charge in [-0.05, 0) is 44.0 Å². The highest BCUT2D eigenvalue weighted by atomic mass is 35.5. The Hall–Kier alpha value is -1.23. The van der Waals surface area contributed by atoms with Crippen LogP contribution in [0.15, 0.2) is 24.4 Å². The van der Waals surface area contributed by atoms with Crippen LogP contribution in [0.5, 0.6) is 5.75 Å². The molecule has 1 aromatic heterocycles. The third-order valence-electron chi connectivity index (χ3n) is 4.24. The van der Waals surface area contributed by atoms with E-state index in [1.807, 2.05) is 18.3 Å². The van der Waals surface area contributed by atoms with Crippen molar-refractivity contribution in [1.29, 1.82) is 0 Å². The first-order chi connectivity index (χ1) is 11.6. The van der Waals surface area contributed by atoms with Crippen molar-refractivity contribution in [2.45, 2.75) is 52.5 Å². The smallest absolute Gasteiger partial charge is 0.121 e. The molecule has 148 valence electrons. The lowest BCUT2D eigenvalue weighted by molar-refractivity contribution is 0.415. The number of rotatable bonds is 10. The van der Waals surface area contributed by atoms with Crippen LogP contribution in [-0.4, -0.2) is 31.2 Å². The number of hydrogen-bond donors (Lipinski definition) is 2. The molecule has 0 amide bonds. The van der Waals surface area contributed by atoms with Crippen LogP contribution in [0.2, 0.25) is 0 Å². The zero-order valence-corrected chi connectivity index (χ0v) is 17.9. The highest BCUT2D eigenvalue weighted by Gasteiger charge is 2.07. The third kappa shape index (κ3) is 7.56. The molecular formula is C20H33Cl2N3O. The first-order valence-electron chi connectivity index (χ1n) is 9.02. The van der Waals surface area contributed by atoms with E-state index >= 15 is 0 Å². The molecule has 2 aromatic rings. The van der Waals surface area contributed by atoms with Gasteiger partial charge in [0.05, 0.1) is 18.3 Å². The van der Waals surface area contributed by atoms with E-state index in [0.717, 1.165) is 35.4 Å². The molecule has 4 nitrogen and oxygen atoms in total. The maximum absolute atomic E-state index is 5.43. The van der Waals surface area contributed by atoms with Crippen molar-refractivity contribution in [3.05, 3.63) is 30.0 Å². The van der Waals surface area contributed by atoms with Crippen molar-refractivity contribution in [3.63, 3.8) is 0 Å². The third-order valence-corrected chi connectivity index (χ3v) is 4.24. The molecule has 0 aliphatic carbocycles. The number of nitrogens with zero attached hydrogens (tertiary/aromatic N) is 1. The lowest BCUT2D eigenvalue weighted by atomic mass is 10.1. The van der Waals surface area contributed by atoms with Crippen LogP contribution >= 0.6 is 24.8 Å². The van der Waals surface area contributed by atoms with Crippen LogP contribution in [0.25, 0.3) is 10.9 Å². The normalized spacial score (nSPS) is 10.3. The van der Waals surface area contributed by atoms with Gasteiger partial charge in [0.15, 0.2) is 0 Å². The average Bonchev–Trinajstić information content (AvgIpc) is 2.57. The molecule has 0 fully saturated rings. The summed E-state index contributed by atoms with van der Waals surface area (Å²) in [6.07, 6.45) is 6.82. The number of aryl methyl sites for hydroxylation is 1. The molecule has 2 N–H and O–H groups in total. The van der Waals surface area contributed by atoms with Gasteiger partial charge in [0.25, 0.3) is 0 Å². The molecule has 0 saturated heterocycles. The maximum Gasteiger partial charge on any atom is 0.121 e. The maximum atomic E-state index is 5.43. The second kappa shape index (κ2) is 13.0. The Bertz CT molecular complexity index is 650. The van der Waals surface area contributed by atoms with Crippen molar-refractivity contribution in [2.75, 3.05) is 25.5 Å². The molecule has 0 aliphatic rings. The Morgan fingerprint density at radius 1 is 1.04 bits per heavy atom. The van der Waals surface area contributed by atoms with Crippen molar-refractivity contribution in [3.8, 4) is 5.75 Å². The molecule has 0 spiro atoms. The van der Waals surface area contributed by atoms with Crippen molar-refractivity contribution in [2.24, 2.45) is 0 Å². The van der Waals surface area contributed by atoms with Gasteiger partial charge in [-0.15, -0.1) is 24.8 Å². The minimum atomic E-state index is 0. The molecule has 26 heavy (non-hydrogen) atoms. The van der Waals surface area contributed by atoms with E-state index in [1.54, 1.807) is 7.11 Å². The van der Waals surface area contributed by atoms with Gasteiger partial charge in [0.2, 0.25) is 0 Å². The van der Waals surface area contributed by atoms with Gasteiger partial charge in [-0.3, -0.25) is 4.98 Å². The SMILES string of the molecule is COc1cc(NCCCCCCNC(C)C)c2nccc(C)c2c1.Cl.Cl. The topological polar surface area (TPSA) is 46.2 Å². The molecule has 0 atom stereocenters. The lowest BCUT2D eigenvalue weighted by Gasteiger charge is -2.13. The molecule has 1 heterocycles. The molecule has 0 radical (unpaired) electrons. The van der Waals surface area contributed by atoms with Crippen molar-refractivity contribution >= 4 is 41.4 Å². The van der Waals surface area contributed by atoms with Gasteiger partial charge >= 0.3 is 0 Å². The van der Waals surface area contributed by atoms with Crippen LogP contribution in [0, 0.1) is 6.92 Å². The van der Waals surface area contributed by atoms with Gasteiger partial charge in [0, 0.05) is 30.2 Å². The minimum Gasteiger partial charge on any atom is -0.497 e. The summed E-state index contributed by atoms with van der Waals surface area (Å²) in [6.45, 7) is 8.58. The van der Waals surface area contributed by atoms with Crippen LogP contribution in [0.3, 0.4) is 0 Å². The number of anilines is 1. The molecule has 0 bridgehead atoms. The van der Waals surface area contributed by atoms with Crippen molar-refractivity contribution in [1.82, 2.24) is 10.3 Å². The van der Waals surface area contributed by atoms with Gasteiger partial charge in [-0.25, -0.2) is 0 Å². The molecular weight excluding hydrogens is 369 g/mol. The van der Waals surface area contributed by atoms with Crippen LogP contribution in [0.1, 0.15) is 45.1 Å². The van der Waals surface area contributed by atoms with E-state index in [0.29, 0.717) is 6.04 Å². The summed E-state index contributed by atoms with van der Waals surface area (Å²) in [7, 11) is 1.71. The number of benzene rings is 1. The lowest BCUT2D eigenvalue weighted by Crippen LogP contribution is -2.23. The van der Waals surface area contributed by atoms with Crippen LogP contribution in [-0.2, 0) is 0 Å². The first kappa shape index (κ1) is 24.8. The Kier molecular flexibility index (Phi) is 12.4. The van der Waals surface area contributed by atoms with Gasteiger partial charge in [0.1, 0.15) is 5.75 Å². The average molecular weight is 402 g/mol. The van der Waals surface area contributed by atoms with Gasteiger partial charge in [-0.2, -0.15) is 0 Å². The van der Waals surface area contributed by atoms with E-state index in [-0.39, 0.29) is 24.8 Å². The zero-order chi connectivity index (χ0) is 17.4. The zero-order valence-electron chi connectivity index (χ0n) is 16.3. The van der Waals surface area contributed by atoms with Gasteiger partial charge < -0.3 is 15.4 Å². The number of aromatic nitrogens is 1. The highest BCUT2D eigenvalue weighted by Crippen LogP contribution is 2.29. The first-order valence-corrected chi connectivity index (χ1v) is 9.02. The standard InChI is InChI=1S/C20H31N3O.2ClH/c1-15(2)21-10-7-5-6-8-11-22-19-14-17(24-4)13-18-16(3)9-12-23-20(18)19;;/h9,12-15,21-22H,5-8,10-11H2,1-4H3;2*1H. The highest BCUT2D eigenvalue weighted by molar-refractivity contribution is 5.93. The molecule has 0 unspecified atom stereocenters. The second-order valence-corrected chi connectivity index (χ2v) is 6.65. The summed E-state index contributed by atoms with van der Waals surface area (Å²) in [6, 6.07) is 6.73. The second-order valence-electron chi connectivity index (χ2n) is 6.65. The van der Waals surface area contributed by atoms with Crippen molar-refractivity contribution < 1.29 is 4.74 Å². The Labute approximate surface area is 170 Å². The van der Waals surface area contributed by atoms with E-state index in [4.69, 9.17) is 4.74 Å². The fourth-order valence-corrected chi connectivity index (χ4v) is 2.83. The molecule has 2 rings (SSSR count). The summed E-state index contributed by atoms with van der Waals surface area (Å²) in [5.74, 6) is 0.876. The predicted octanol–water partition coefficient (Wildman–Crippen LogP) is 5.37. The van der Waals surface area contributed by atoms with E-state index in [1.165, 1.54) is 31.2 Å². The summed E-state index contributed by atoms with van der Waals surface area (Å²) < 4.78 is 5.43. The monoisotopic (exact) mass is 401 g/mol. The number of nitrogens with one attached hydrogen (secondary N) is 2. The summed E-state index contributed by atoms with van der Waals surface area (Å²) >= 11 is 0. The summed E-state index contributed by atoms with van der Waals surface area (Å²) in [4.78, 5) is 4.55. The summed E-state index contributed by atoms with van der Waals surface area (Å²) in [5.41, 5.74) is 3.31. The Morgan fingerprint density at radius 2 is 1.73 bits per heavy atom. The number of ether oxygens (including phenoxy) is 1. The Balaban J connectivity index is 0.00000312. The van der Waals surface area contributed by atoms with E-state index in [2.05, 4.69) is 42.5 Å². The number of unbranched alkanes of at least 4 members (excludes halogenated alkanes) is 3. The largest absolute Gasteiger partial charge is 0.497 e.